The summed E-state index contributed by atoms with van der Waals surface area (Å²) in [7, 11) is 1.79. The van der Waals surface area contributed by atoms with Gasteiger partial charge in [0, 0.05) is 20.1 Å². The van der Waals surface area contributed by atoms with Crippen LogP contribution in [-0.4, -0.2) is 41.1 Å². The van der Waals surface area contributed by atoms with Crippen LogP contribution in [0, 0.1) is 5.41 Å². The average molecular weight is 274 g/mol. The van der Waals surface area contributed by atoms with Gasteiger partial charge >= 0.3 is 0 Å². The van der Waals surface area contributed by atoms with E-state index >= 15 is 0 Å². The van der Waals surface area contributed by atoms with Gasteiger partial charge in [0.25, 0.3) is 5.91 Å². The summed E-state index contributed by atoms with van der Waals surface area (Å²) in [6, 6.07) is 3.55. The van der Waals surface area contributed by atoms with Gasteiger partial charge in [-0.2, -0.15) is 0 Å². The molecule has 1 aliphatic heterocycles. The number of likely N-dealkylation sites (tertiary alicyclic amines) is 1. The molecule has 2 heterocycles. The number of amides is 1. The van der Waals surface area contributed by atoms with Gasteiger partial charge in [0.15, 0.2) is 5.69 Å². The molecule has 1 spiro atoms. The van der Waals surface area contributed by atoms with Crippen LogP contribution in [0.25, 0.3) is 0 Å². The zero-order chi connectivity index (χ0) is 14.0. The summed E-state index contributed by atoms with van der Waals surface area (Å²) in [5.41, 5.74) is 0.990. The Balaban J connectivity index is 1.63. The zero-order valence-electron chi connectivity index (χ0n) is 12.1. The monoisotopic (exact) mass is 274 g/mol. The Hall–Kier alpha value is -1.65. The molecule has 1 saturated carbocycles. The molecule has 1 aliphatic carbocycles. The molecule has 1 aromatic heterocycles. The highest BCUT2D eigenvalue weighted by Crippen LogP contribution is 2.46. The molecule has 1 saturated heterocycles. The summed E-state index contributed by atoms with van der Waals surface area (Å²) >= 11 is 0. The van der Waals surface area contributed by atoms with E-state index in [0.29, 0.717) is 16.9 Å². The van der Waals surface area contributed by atoms with Gasteiger partial charge in [0.2, 0.25) is 0 Å². The number of aromatic nitrogens is 2. The lowest BCUT2D eigenvalue weighted by molar-refractivity contribution is 0.0581. The van der Waals surface area contributed by atoms with Crippen molar-refractivity contribution in [3.63, 3.8) is 0 Å². The molecule has 0 atom stereocenters. The predicted molar refractivity (Wildman–Crippen MR) is 77.6 cm³/mol. The minimum Gasteiger partial charge on any atom is -0.372 e. The third kappa shape index (κ3) is 2.49. The summed E-state index contributed by atoms with van der Waals surface area (Å²) in [6.45, 7) is 1.74. The number of rotatable bonds is 2. The molecule has 3 rings (SSSR count). The number of piperidine rings is 1. The molecule has 5 nitrogen and oxygen atoms in total. The lowest BCUT2D eigenvalue weighted by Gasteiger charge is -2.39. The molecular weight excluding hydrogens is 252 g/mol. The first-order valence-electron chi connectivity index (χ1n) is 7.53. The van der Waals surface area contributed by atoms with Crippen molar-refractivity contribution in [2.24, 2.45) is 5.41 Å². The molecule has 0 unspecified atom stereocenters. The van der Waals surface area contributed by atoms with Crippen LogP contribution in [0.2, 0.25) is 0 Å². The van der Waals surface area contributed by atoms with E-state index in [1.807, 2.05) is 4.90 Å². The smallest absolute Gasteiger partial charge is 0.274 e. The lowest BCUT2D eigenvalue weighted by Crippen LogP contribution is -2.42. The Labute approximate surface area is 119 Å². The van der Waals surface area contributed by atoms with Gasteiger partial charge in [-0.1, -0.05) is 12.8 Å². The number of anilines is 1. The van der Waals surface area contributed by atoms with Crippen LogP contribution in [-0.2, 0) is 0 Å². The molecule has 2 aliphatic rings. The number of nitrogens with one attached hydrogen (secondary N) is 1. The summed E-state index contributed by atoms with van der Waals surface area (Å²) in [6.07, 6.45) is 7.74. The van der Waals surface area contributed by atoms with Gasteiger partial charge in [-0.25, -0.2) is 0 Å². The quantitative estimate of drug-likeness (QED) is 0.899. The lowest BCUT2D eigenvalue weighted by atomic mass is 9.77. The SMILES string of the molecule is CNc1ccc(C(=O)N2CCC3(CCCC3)CC2)nn1. The normalized spacial score (nSPS) is 21.1. The highest BCUT2D eigenvalue weighted by Gasteiger charge is 2.38. The number of carbonyl (C=O) groups excluding carboxylic acids is 1. The predicted octanol–water partition coefficient (Wildman–Crippen LogP) is 2.31. The molecule has 20 heavy (non-hydrogen) atoms. The molecule has 0 bridgehead atoms. The van der Waals surface area contributed by atoms with Crippen LogP contribution in [0.15, 0.2) is 12.1 Å². The second-order valence-electron chi connectivity index (χ2n) is 6.05. The van der Waals surface area contributed by atoms with E-state index in [0.717, 1.165) is 25.9 Å². The summed E-state index contributed by atoms with van der Waals surface area (Å²) in [4.78, 5) is 14.3. The van der Waals surface area contributed by atoms with E-state index in [2.05, 4.69) is 15.5 Å². The minimum atomic E-state index is 0.0213. The summed E-state index contributed by atoms with van der Waals surface area (Å²) < 4.78 is 0. The standard InChI is InChI=1S/C15H22N4O/c1-16-13-5-4-12(17-18-13)14(20)19-10-8-15(9-11-19)6-2-3-7-15/h4-5H,2-3,6-11H2,1H3,(H,16,18). The van der Waals surface area contributed by atoms with Gasteiger partial charge in [0.05, 0.1) is 0 Å². The maximum absolute atomic E-state index is 12.4. The van der Waals surface area contributed by atoms with Gasteiger partial charge in [-0.3, -0.25) is 4.79 Å². The van der Waals surface area contributed by atoms with E-state index in [4.69, 9.17) is 0 Å². The van der Waals surface area contributed by atoms with Gasteiger partial charge in [0.1, 0.15) is 5.82 Å². The van der Waals surface area contributed by atoms with Crippen molar-refractivity contribution in [1.29, 1.82) is 0 Å². The Bertz CT molecular complexity index is 469. The van der Waals surface area contributed by atoms with Crippen LogP contribution in [0.3, 0.4) is 0 Å². The molecule has 0 radical (unpaired) electrons. The summed E-state index contributed by atoms with van der Waals surface area (Å²) in [5.74, 6) is 0.707. The van der Waals surface area contributed by atoms with E-state index < -0.39 is 0 Å². The Morgan fingerprint density at radius 3 is 2.40 bits per heavy atom. The second-order valence-corrected chi connectivity index (χ2v) is 6.05. The van der Waals surface area contributed by atoms with Crippen LogP contribution in [0.4, 0.5) is 5.82 Å². The Morgan fingerprint density at radius 1 is 1.15 bits per heavy atom. The van der Waals surface area contributed by atoms with Crippen molar-refractivity contribution < 1.29 is 4.79 Å². The maximum Gasteiger partial charge on any atom is 0.274 e. The molecule has 0 aromatic carbocycles. The fourth-order valence-electron chi connectivity index (χ4n) is 3.55. The van der Waals surface area contributed by atoms with E-state index in [9.17, 15) is 4.79 Å². The fraction of sp³-hybridized carbons (Fsp3) is 0.667. The van der Waals surface area contributed by atoms with Crippen LogP contribution in [0.5, 0.6) is 0 Å². The second kappa shape index (κ2) is 5.38. The van der Waals surface area contributed by atoms with Crippen LogP contribution >= 0.6 is 0 Å². The zero-order valence-corrected chi connectivity index (χ0v) is 12.1. The van der Waals surface area contributed by atoms with Crippen molar-refractivity contribution in [2.45, 2.75) is 38.5 Å². The van der Waals surface area contributed by atoms with Gasteiger partial charge in [-0.15, -0.1) is 10.2 Å². The highest BCUT2D eigenvalue weighted by molar-refractivity contribution is 5.92. The number of nitrogens with zero attached hydrogens (tertiary/aromatic N) is 3. The van der Waals surface area contributed by atoms with Crippen molar-refractivity contribution >= 4 is 11.7 Å². The number of hydrogen-bond acceptors (Lipinski definition) is 4. The Morgan fingerprint density at radius 2 is 1.85 bits per heavy atom. The van der Waals surface area contributed by atoms with Crippen LogP contribution < -0.4 is 5.32 Å². The largest absolute Gasteiger partial charge is 0.372 e. The first-order valence-corrected chi connectivity index (χ1v) is 7.53. The van der Waals surface area contributed by atoms with E-state index in [1.165, 1.54) is 25.7 Å². The average Bonchev–Trinajstić information content (AvgIpc) is 2.96. The first kappa shape index (κ1) is 13.3. The minimum absolute atomic E-state index is 0.0213. The molecule has 5 heteroatoms. The van der Waals surface area contributed by atoms with Crippen molar-refractivity contribution in [1.82, 2.24) is 15.1 Å². The molecule has 1 N–H and O–H groups in total. The topological polar surface area (TPSA) is 58.1 Å². The fourth-order valence-corrected chi connectivity index (χ4v) is 3.55. The van der Waals surface area contributed by atoms with E-state index in [-0.39, 0.29) is 5.91 Å². The first-order chi connectivity index (χ1) is 9.72. The summed E-state index contributed by atoms with van der Waals surface area (Å²) in [5, 5.41) is 10.9. The molecule has 1 amide bonds. The van der Waals surface area contributed by atoms with Crippen molar-refractivity contribution in [3.05, 3.63) is 17.8 Å². The van der Waals surface area contributed by atoms with Gasteiger partial charge < -0.3 is 10.2 Å². The molecule has 108 valence electrons. The number of carbonyl (C=O) groups is 1. The highest BCUT2D eigenvalue weighted by atomic mass is 16.2. The molecule has 2 fully saturated rings. The van der Waals surface area contributed by atoms with Crippen molar-refractivity contribution in [3.8, 4) is 0 Å². The van der Waals surface area contributed by atoms with E-state index in [1.54, 1.807) is 19.2 Å². The third-order valence-corrected chi connectivity index (χ3v) is 4.92. The van der Waals surface area contributed by atoms with Crippen LogP contribution in [0.1, 0.15) is 49.0 Å². The van der Waals surface area contributed by atoms with Crippen molar-refractivity contribution in [2.75, 3.05) is 25.5 Å². The van der Waals surface area contributed by atoms with Gasteiger partial charge in [-0.05, 0) is 43.2 Å². The number of hydrogen-bond donors (Lipinski definition) is 1. The maximum atomic E-state index is 12.4. The molecule has 1 aromatic rings. The third-order valence-electron chi connectivity index (χ3n) is 4.92. The Kier molecular flexibility index (Phi) is 3.59. The molecular formula is C15H22N4O.